The Morgan fingerprint density at radius 3 is 2.56 bits per heavy atom. The number of thiophene rings is 1. The molecule has 5 nitrogen and oxygen atoms in total. The van der Waals surface area contributed by atoms with Crippen molar-refractivity contribution in [3.8, 4) is 11.8 Å². The van der Waals surface area contributed by atoms with Gasteiger partial charge in [0, 0.05) is 24.0 Å². The molecule has 0 aromatic carbocycles. The van der Waals surface area contributed by atoms with Gasteiger partial charge in [-0.25, -0.2) is 4.79 Å². The quantitative estimate of drug-likeness (QED) is 0.457. The van der Waals surface area contributed by atoms with Crippen LogP contribution in [0.15, 0.2) is 6.07 Å². The van der Waals surface area contributed by atoms with Gasteiger partial charge in [0.1, 0.15) is 4.88 Å². The number of hydrogen-bond acceptors (Lipinski definition) is 5. The third kappa shape index (κ3) is 5.94. The second-order valence-corrected chi connectivity index (χ2v) is 11.2. The monoisotopic (exact) mass is 459 g/mol. The molecule has 176 valence electrons. The molecule has 2 fully saturated rings. The number of aliphatic hydroxyl groups is 1. The third-order valence-electron chi connectivity index (χ3n) is 6.54. The SMILES string of the molecule is COC(=O)c1sc(C#CC(C)(C)C)cc1N1C(=O)C(CCCO)CCC1C1CCCCC1. The van der Waals surface area contributed by atoms with Crippen LogP contribution in [0.2, 0.25) is 0 Å². The van der Waals surface area contributed by atoms with Gasteiger partial charge in [-0.15, -0.1) is 11.3 Å². The molecule has 1 aromatic rings. The van der Waals surface area contributed by atoms with E-state index in [-0.39, 0.29) is 29.9 Å². The molecule has 0 spiro atoms. The first kappa shape index (κ1) is 24.8. The molecule has 2 aliphatic rings. The van der Waals surface area contributed by atoms with Crippen LogP contribution >= 0.6 is 11.3 Å². The molecule has 0 bridgehead atoms. The predicted molar refractivity (Wildman–Crippen MR) is 129 cm³/mol. The van der Waals surface area contributed by atoms with E-state index in [9.17, 15) is 14.7 Å². The van der Waals surface area contributed by atoms with Crippen LogP contribution in [-0.4, -0.2) is 36.7 Å². The van der Waals surface area contributed by atoms with Crippen molar-refractivity contribution >= 4 is 28.9 Å². The van der Waals surface area contributed by atoms with Crippen LogP contribution in [0.25, 0.3) is 0 Å². The molecular weight excluding hydrogens is 422 g/mol. The number of amides is 1. The smallest absolute Gasteiger partial charge is 0.350 e. The molecule has 1 saturated carbocycles. The third-order valence-corrected chi connectivity index (χ3v) is 7.56. The molecule has 2 heterocycles. The summed E-state index contributed by atoms with van der Waals surface area (Å²) in [4.78, 5) is 29.6. The minimum absolute atomic E-state index is 0.0820. The van der Waals surface area contributed by atoms with Crippen molar-refractivity contribution < 1.29 is 19.4 Å². The lowest BCUT2D eigenvalue weighted by Crippen LogP contribution is -2.52. The van der Waals surface area contributed by atoms with Crippen molar-refractivity contribution in [1.82, 2.24) is 0 Å². The van der Waals surface area contributed by atoms with Crippen molar-refractivity contribution in [3.63, 3.8) is 0 Å². The average Bonchev–Trinajstić information content (AvgIpc) is 3.20. The number of aliphatic hydroxyl groups excluding tert-OH is 1. The van der Waals surface area contributed by atoms with Gasteiger partial charge in [-0.2, -0.15) is 0 Å². The topological polar surface area (TPSA) is 66.8 Å². The fourth-order valence-electron chi connectivity index (χ4n) is 4.96. The molecule has 1 saturated heterocycles. The molecule has 3 rings (SSSR count). The zero-order valence-electron chi connectivity index (χ0n) is 19.9. The van der Waals surface area contributed by atoms with E-state index in [0.29, 0.717) is 29.3 Å². The van der Waals surface area contributed by atoms with Gasteiger partial charge in [0.2, 0.25) is 5.91 Å². The number of esters is 1. The molecule has 6 heteroatoms. The van der Waals surface area contributed by atoms with Crippen LogP contribution in [0, 0.1) is 29.1 Å². The number of ether oxygens (including phenoxy) is 1. The molecular formula is C26H37NO4S. The first-order valence-electron chi connectivity index (χ1n) is 11.9. The maximum atomic E-state index is 13.7. The summed E-state index contributed by atoms with van der Waals surface area (Å²) in [7, 11) is 1.38. The van der Waals surface area contributed by atoms with Gasteiger partial charge in [-0.1, -0.05) is 31.1 Å². The number of piperidine rings is 1. The molecule has 1 aliphatic carbocycles. The first-order chi connectivity index (χ1) is 15.2. The summed E-state index contributed by atoms with van der Waals surface area (Å²) in [5.41, 5.74) is 0.505. The van der Waals surface area contributed by atoms with Crippen LogP contribution in [-0.2, 0) is 9.53 Å². The maximum Gasteiger partial charge on any atom is 0.350 e. The van der Waals surface area contributed by atoms with Crippen LogP contribution in [0.5, 0.6) is 0 Å². The Morgan fingerprint density at radius 2 is 1.94 bits per heavy atom. The summed E-state index contributed by atoms with van der Waals surface area (Å²) in [6, 6.07) is 2.02. The van der Waals surface area contributed by atoms with E-state index in [1.807, 2.05) is 11.0 Å². The molecule has 1 N–H and O–H groups in total. The van der Waals surface area contributed by atoms with E-state index in [1.54, 1.807) is 0 Å². The molecule has 2 unspecified atom stereocenters. The van der Waals surface area contributed by atoms with Gasteiger partial charge in [0.05, 0.1) is 17.7 Å². The van der Waals surface area contributed by atoms with E-state index in [1.165, 1.54) is 37.7 Å². The lowest BCUT2D eigenvalue weighted by atomic mass is 9.77. The minimum atomic E-state index is -0.415. The predicted octanol–water partition coefficient (Wildman–Crippen LogP) is 5.40. The number of hydrogen-bond donors (Lipinski definition) is 1. The van der Waals surface area contributed by atoms with Gasteiger partial charge in [0.25, 0.3) is 0 Å². The van der Waals surface area contributed by atoms with Crippen molar-refractivity contribution in [2.75, 3.05) is 18.6 Å². The number of carbonyl (C=O) groups is 2. The highest BCUT2D eigenvalue weighted by molar-refractivity contribution is 7.15. The first-order valence-corrected chi connectivity index (χ1v) is 12.8. The molecule has 1 aliphatic heterocycles. The highest BCUT2D eigenvalue weighted by atomic mass is 32.1. The Labute approximate surface area is 196 Å². The Balaban J connectivity index is 2.04. The summed E-state index contributed by atoms with van der Waals surface area (Å²) in [6.45, 7) is 6.24. The Morgan fingerprint density at radius 1 is 1.22 bits per heavy atom. The highest BCUT2D eigenvalue weighted by Gasteiger charge is 2.41. The van der Waals surface area contributed by atoms with E-state index in [2.05, 4.69) is 32.6 Å². The fraction of sp³-hybridized carbons (Fsp3) is 0.692. The van der Waals surface area contributed by atoms with E-state index in [4.69, 9.17) is 4.74 Å². The summed E-state index contributed by atoms with van der Waals surface area (Å²) >= 11 is 1.31. The normalized spacial score (nSPS) is 22.4. The van der Waals surface area contributed by atoms with Crippen molar-refractivity contribution in [2.45, 2.75) is 84.6 Å². The number of methoxy groups -OCH3 is 1. The maximum absolute atomic E-state index is 13.7. The number of rotatable bonds is 6. The highest BCUT2D eigenvalue weighted by Crippen LogP contribution is 2.42. The fourth-order valence-corrected chi connectivity index (χ4v) is 5.88. The van der Waals surface area contributed by atoms with Gasteiger partial charge in [0.15, 0.2) is 0 Å². The number of anilines is 1. The van der Waals surface area contributed by atoms with Crippen LogP contribution < -0.4 is 4.90 Å². The van der Waals surface area contributed by atoms with Crippen LogP contribution in [0.3, 0.4) is 0 Å². The van der Waals surface area contributed by atoms with E-state index in [0.717, 1.165) is 30.6 Å². The second-order valence-electron chi connectivity index (χ2n) is 10.1. The molecule has 1 aromatic heterocycles. The summed E-state index contributed by atoms with van der Waals surface area (Å²) in [5, 5.41) is 9.30. The van der Waals surface area contributed by atoms with Gasteiger partial charge in [-0.3, -0.25) is 4.79 Å². The minimum Gasteiger partial charge on any atom is -0.465 e. The largest absolute Gasteiger partial charge is 0.465 e. The van der Waals surface area contributed by atoms with Gasteiger partial charge >= 0.3 is 5.97 Å². The summed E-state index contributed by atoms with van der Waals surface area (Å²) in [6.07, 6.45) is 9.01. The summed E-state index contributed by atoms with van der Waals surface area (Å²) < 4.78 is 5.09. The van der Waals surface area contributed by atoms with Crippen molar-refractivity contribution in [1.29, 1.82) is 0 Å². The average molecular weight is 460 g/mol. The molecule has 32 heavy (non-hydrogen) atoms. The number of nitrogens with zero attached hydrogens (tertiary/aromatic N) is 1. The van der Waals surface area contributed by atoms with Crippen molar-refractivity contribution in [2.24, 2.45) is 17.3 Å². The number of carbonyl (C=O) groups excluding carboxylic acids is 2. The van der Waals surface area contributed by atoms with Gasteiger partial charge in [-0.05, 0) is 71.3 Å². The molecule has 2 atom stereocenters. The second kappa shape index (κ2) is 10.9. The summed E-state index contributed by atoms with van der Waals surface area (Å²) in [5.74, 6) is 6.46. The molecule has 1 amide bonds. The van der Waals surface area contributed by atoms with Crippen LogP contribution in [0.4, 0.5) is 5.69 Å². The zero-order valence-corrected chi connectivity index (χ0v) is 20.7. The standard InChI is InChI=1S/C26H37NO4S/c1-26(2,3)15-14-20-17-22(23(32-20)25(30)31-4)27-21(18-9-6-5-7-10-18)13-12-19(24(27)29)11-8-16-28/h17-19,21,28H,5-13,16H2,1-4H3. The molecule has 0 radical (unpaired) electrons. The zero-order chi connectivity index (χ0) is 23.3. The van der Waals surface area contributed by atoms with E-state index < -0.39 is 5.97 Å². The van der Waals surface area contributed by atoms with E-state index >= 15 is 0 Å². The van der Waals surface area contributed by atoms with Gasteiger partial charge < -0.3 is 14.7 Å². The van der Waals surface area contributed by atoms with Crippen LogP contribution in [0.1, 0.15) is 93.1 Å². The lowest BCUT2D eigenvalue weighted by Gasteiger charge is -2.44. The Kier molecular flexibility index (Phi) is 8.41. The Bertz CT molecular complexity index is 867. The van der Waals surface area contributed by atoms with Crippen molar-refractivity contribution in [3.05, 3.63) is 15.8 Å². The lowest BCUT2D eigenvalue weighted by molar-refractivity contribution is -0.125. The Hall–Kier alpha value is -1.84.